The molecule has 32 heavy (non-hydrogen) atoms. The number of rotatable bonds is 4. The van der Waals surface area contributed by atoms with E-state index in [4.69, 9.17) is 18.9 Å². The fourth-order valence-corrected chi connectivity index (χ4v) is 5.74. The van der Waals surface area contributed by atoms with Crippen molar-refractivity contribution in [2.45, 2.75) is 24.5 Å². The molecule has 3 saturated heterocycles. The maximum Gasteiger partial charge on any atom is 0.218 e. The van der Waals surface area contributed by atoms with Gasteiger partial charge in [0.25, 0.3) is 0 Å². The summed E-state index contributed by atoms with van der Waals surface area (Å²) in [5, 5.41) is 0. The minimum Gasteiger partial charge on any atom is -0.493 e. The van der Waals surface area contributed by atoms with E-state index in [2.05, 4.69) is 4.90 Å². The fraction of sp³-hybridized carbons (Fsp3) is 0.360. The lowest BCUT2D eigenvalue weighted by Gasteiger charge is -2.35. The zero-order valence-corrected chi connectivity index (χ0v) is 17.8. The Morgan fingerprint density at radius 3 is 2.72 bits per heavy atom. The topological polar surface area (TPSA) is 74.3 Å². The Labute approximate surface area is 185 Å². The number of hydrogen-bond donors (Lipinski definition) is 0. The molecule has 7 nitrogen and oxygen atoms in total. The van der Waals surface area contributed by atoms with Gasteiger partial charge in [0.1, 0.15) is 0 Å². The number of Topliss-reactive ketones (excluding diaryl/α,β-unsaturated/α-hetero) is 2. The van der Waals surface area contributed by atoms with Crippen LogP contribution in [0.1, 0.15) is 15.9 Å². The van der Waals surface area contributed by atoms with E-state index < -0.39 is 12.3 Å². The van der Waals surface area contributed by atoms with Crippen molar-refractivity contribution in [3.63, 3.8) is 0 Å². The van der Waals surface area contributed by atoms with Crippen LogP contribution in [0.3, 0.4) is 0 Å². The molecule has 6 atom stereocenters. The molecule has 4 heterocycles. The van der Waals surface area contributed by atoms with E-state index in [1.165, 1.54) is 0 Å². The monoisotopic (exact) mass is 433 g/mol. The van der Waals surface area contributed by atoms with Gasteiger partial charge in [-0.3, -0.25) is 9.59 Å². The molecule has 0 N–H and O–H groups in total. The van der Waals surface area contributed by atoms with Gasteiger partial charge < -0.3 is 23.8 Å². The summed E-state index contributed by atoms with van der Waals surface area (Å²) >= 11 is 0. The summed E-state index contributed by atoms with van der Waals surface area (Å²) in [5.74, 6) is 0.229. The summed E-state index contributed by atoms with van der Waals surface area (Å²) in [4.78, 5) is 29.4. The molecule has 0 spiro atoms. The molecule has 2 aromatic carbocycles. The van der Waals surface area contributed by atoms with Crippen LogP contribution in [0.4, 0.5) is 5.69 Å². The van der Waals surface area contributed by atoms with Crippen LogP contribution in [0.15, 0.2) is 48.5 Å². The molecule has 4 aliphatic heterocycles. The van der Waals surface area contributed by atoms with E-state index in [0.29, 0.717) is 23.7 Å². The van der Waals surface area contributed by atoms with Crippen molar-refractivity contribution < 1.29 is 28.5 Å². The van der Waals surface area contributed by atoms with E-state index in [0.717, 1.165) is 11.3 Å². The number of fused-ring (bicyclic) bond motifs is 8. The molecule has 7 heteroatoms. The molecule has 0 amide bonds. The Kier molecular flexibility index (Phi) is 4.38. The highest BCUT2D eigenvalue weighted by Gasteiger charge is 2.63. The highest BCUT2D eigenvalue weighted by atomic mass is 16.7. The molecular formula is C25H23NO6. The lowest BCUT2D eigenvalue weighted by atomic mass is 9.77. The lowest BCUT2D eigenvalue weighted by Crippen LogP contribution is -2.48. The van der Waals surface area contributed by atoms with E-state index in [9.17, 15) is 9.59 Å². The Balaban J connectivity index is 1.49. The Bertz CT molecular complexity index is 1140. The molecule has 164 valence electrons. The van der Waals surface area contributed by atoms with Crippen molar-refractivity contribution >= 4 is 23.3 Å². The highest BCUT2D eigenvalue weighted by molar-refractivity contribution is 6.05. The maximum atomic E-state index is 14.0. The first-order chi connectivity index (χ1) is 15.6. The molecular weight excluding hydrogens is 410 g/mol. The van der Waals surface area contributed by atoms with Gasteiger partial charge in [0.15, 0.2) is 23.1 Å². The van der Waals surface area contributed by atoms with Crippen molar-refractivity contribution in [2.75, 3.05) is 25.7 Å². The number of carbonyl (C=O) groups is 2. The summed E-state index contributed by atoms with van der Waals surface area (Å²) in [6, 6.07) is 12.4. The predicted molar refractivity (Wildman–Crippen MR) is 116 cm³/mol. The molecule has 0 radical (unpaired) electrons. The minimum absolute atomic E-state index is 0.0738. The first-order valence-electron chi connectivity index (χ1n) is 10.7. The normalized spacial score (nSPS) is 31.7. The van der Waals surface area contributed by atoms with Gasteiger partial charge in [-0.2, -0.15) is 0 Å². The molecule has 0 unspecified atom stereocenters. The quantitative estimate of drug-likeness (QED) is 0.687. The van der Waals surface area contributed by atoms with Gasteiger partial charge in [-0.25, -0.2) is 0 Å². The number of nitrogens with zero attached hydrogens (tertiary/aromatic N) is 1. The molecule has 6 rings (SSSR count). The van der Waals surface area contributed by atoms with Gasteiger partial charge >= 0.3 is 0 Å². The number of methoxy groups -OCH3 is 2. The van der Waals surface area contributed by atoms with Crippen LogP contribution in [-0.2, 0) is 14.3 Å². The van der Waals surface area contributed by atoms with Gasteiger partial charge in [0.2, 0.25) is 6.29 Å². The van der Waals surface area contributed by atoms with Gasteiger partial charge in [0, 0.05) is 17.2 Å². The summed E-state index contributed by atoms with van der Waals surface area (Å²) in [7, 11) is 3.10. The van der Waals surface area contributed by atoms with Crippen molar-refractivity contribution in [3.05, 3.63) is 59.7 Å². The standard InChI is InChI=1S/C25H23NO6/c1-29-17-10-8-14(11-18(17)30-2)23(27)22-21-19-12-31-25(32-19)24(28)20(21)16-9-7-13-5-3-4-6-15(13)26(16)22/h3-11,16,19-22,25H,12H2,1-2H3/t16-,19+,20-,21-,22+,25-/m1/s1. The van der Waals surface area contributed by atoms with Gasteiger partial charge in [0.05, 0.1) is 44.9 Å². The minimum atomic E-state index is -0.830. The third kappa shape index (κ3) is 2.61. The molecule has 3 fully saturated rings. The summed E-state index contributed by atoms with van der Waals surface area (Å²) in [6.45, 7) is 0.319. The number of carbonyl (C=O) groups excluding carboxylic acids is 2. The first-order valence-corrected chi connectivity index (χ1v) is 10.7. The van der Waals surface area contributed by atoms with Crippen molar-refractivity contribution in [1.82, 2.24) is 0 Å². The molecule has 0 saturated carbocycles. The molecule has 0 aliphatic carbocycles. The third-order valence-electron chi connectivity index (χ3n) is 7.09. The summed E-state index contributed by atoms with van der Waals surface area (Å²) in [6.07, 6.45) is 2.96. The van der Waals surface area contributed by atoms with Gasteiger partial charge in [-0.1, -0.05) is 30.4 Å². The van der Waals surface area contributed by atoms with E-state index >= 15 is 0 Å². The number of para-hydroxylation sites is 1. The molecule has 0 aromatic heterocycles. The van der Waals surface area contributed by atoms with Crippen LogP contribution in [0.5, 0.6) is 11.5 Å². The highest BCUT2D eigenvalue weighted by Crippen LogP contribution is 2.51. The Morgan fingerprint density at radius 2 is 1.91 bits per heavy atom. The molecule has 2 aromatic rings. The van der Waals surface area contributed by atoms with Gasteiger partial charge in [-0.05, 0) is 29.8 Å². The summed E-state index contributed by atoms with van der Waals surface area (Å²) < 4.78 is 22.3. The number of anilines is 1. The molecule has 2 bridgehead atoms. The van der Waals surface area contributed by atoms with Gasteiger partial charge in [-0.15, -0.1) is 0 Å². The van der Waals surface area contributed by atoms with Crippen molar-refractivity contribution in [2.24, 2.45) is 11.8 Å². The average Bonchev–Trinajstić information content (AvgIpc) is 3.43. The van der Waals surface area contributed by atoms with E-state index in [1.807, 2.05) is 36.4 Å². The number of ether oxygens (including phenoxy) is 4. The Hall–Kier alpha value is -3.16. The fourth-order valence-electron chi connectivity index (χ4n) is 5.74. The van der Waals surface area contributed by atoms with Crippen LogP contribution in [0.25, 0.3) is 6.08 Å². The zero-order valence-electron chi connectivity index (χ0n) is 17.8. The van der Waals surface area contributed by atoms with Crippen LogP contribution >= 0.6 is 0 Å². The Morgan fingerprint density at radius 1 is 1.09 bits per heavy atom. The smallest absolute Gasteiger partial charge is 0.218 e. The van der Waals surface area contributed by atoms with E-state index in [-0.39, 0.29) is 35.5 Å². The van der Waals surface area contributed by atoms with Crippen molar-refractivity contribution in [1.29, 1.82) is 0 Å². The zero-order chi connectivity index (χ0) is 22.0. The lowest BCUT2D eigenvalue weighted by molar-refractivity contribution is -0.163. The van der Waals surface area contributed by atoms with E-state index in [1.54, 1.807) is 32.4 Å². The van der Waals surface area contributed by atoms with Crippen LogP contribution in [0, 0.1) is 11.8 Å². The third-order valence-corrected chi connectivity index (χ3v) is 7.09. The number of hydrogen-bond acceptors (Lipinski definition) is 7. The van der Waals surface area contributed by atoms with Crippen LogP contribution in [-0.4, -0.2) is 56.9 Å². The van der Waals surface area contributed by atoms with Crippen LogP contribution < -0.4 is 14.4 Å². The van der Waals surface area contributed by atoms with Crippen LogP contribution in [0.2, 0.25) is 0 Å². The first kappa shape index (κ1) is 19.5. The number of ketones is 2. The second-order valence-electron chi connectivity index (χ2n) is 8.54. The van der Waals surface area contributed by atoms with Crippen molar-refractivity contribution in [3.8, 4) is 11.5 Å². The number of benzene rings is 2. The summed E-state index contributed by atoms with van der Waals surface area (Å²) in [5.41, 5.74) is 2.49. The SMILES string of the molecule is COc1ccc(C(=O)[C@@H]2[C@H]3[C@H](C(=O)[C@@H]4OC[C@@H]3O4)[C@H]3C=Cc4ccccc4N32)cc1OC. The second-order valence-corrected chi connectivity index (χ2v) is 8.54. The second kappa shape index (κ2) is 7.18. The average molecular weight is 433 g/mol. The predicted octanol–water partition coefficient (Wildman–Crippen LogP) is 2.73. The molecule has 4 aliphatic rings. The maximum absolute atomic E-state index is 14.0. The largest absolute Gasteiger partial charge is 0.493 e.